The molecule has 0 saturated carbocycles. The van der Waals surface area contributed by atoms with E-state index in [1.54, 1.807) is 0 Å². The van der Waals surface area contributed by atoms with Gasteiger partial charge in [0.1, 0.15) is 6.61 Å². The fourth-order valence-electron chi connectivity index (χ4n) is 1.09. The first kappa shape index (κ1) is 12.2. The number of amides is 2. The van der Waals surface area contributed by atoms with Gasteiger partial charge < -0.3 is 9.57 Å². The van der Waals surface area contributed by atoms with Crippen LogP contribution >= 0.6 is 0 Å². The van der Waals surface area contributed by atoms with Crippen LogP contribution in [-0.2, 0) is 24.0 Å². The fraction of sp³-hybridized carbons (Fsp3) is 0.500. The van der Waals surface area contributed by atoms with Gasteiger partial charge in [0.15, 0.2) is 0 Å². The van der Waals surface area contributed by atoms with Gasteiger partial charge >= 0.3 is 5.97 Å². The molecule has 0 unspecified atom stereocenters. The molecule has 0 N–H and O–H groups in total. The minimum Gasteiger partial charge on any atom is -0.368 e. The topological polar surface area (TPSA) is 72.9 Å². The molecule has 0 radical (unpaired) electrons. The lowest BCUT2D eigenvalue weighted by molar-refractivity contribution is -0.198. The van der Waals surface area contributed by atoms with E-state index in [1.165, 1.54) is 0 Å². The van der Waals surface area contributed by atoms with E-state index >= 15 is 0 Å². The third kappa shape index (κ3) is 3.37. The van der Waals surface area contributed by atoms with E-state index in [-0.39, 0.29) is 32.5 Å². The Bertz CT molecular complexity index is 328. The summed E-state index contributed by atoms with van der Waals surface area (Å²) in [5, 5.41) is 0.503. The molecule has 16 heavy (non-hydrogen) atoms. The monoisotopic (exact) mass is 225 g/mol. The molecule has 2 amide bonds. The molecule has 0 bridgehead atoms. The van der Waals surface area contributed by atoms with Crippen molar-refractivity contribution < 1.29 is 24.0 Å². The molecule has 1 saturated heterocycles. The van der Waals surface area contributed by atoms with Crippen molar-refractivity contribution in [2.24, 2.45) is 0 Å². The van der Waals surface area contributed by atoms with Crippen LogP contribution in [0.4, 0.5) is 0 Å². The van der Waals surface area contributed by atoms with Gasteiger partial charge in [0.2, 0.25) is 0 Å². The molecule has 0 aromatic carbocycles. The Morgan fingerprint density at radius 1 is 1.38 bits per heavy atom. The molecule has 1 aliphatic heterocycles. The van der Waals surface area contributed by atoms with Crippen molar-refractivity contribution >= 4 is 17.8 Å². The minimum atomic E-state index is -0.694. The number of hydroxylamine groups is 2. The van der Waals surface area contributed by atoms with E-state index in [0.717, 1.165) is 0 Å². The third-order valence-electron chi connectivity index (χ3n) is 1.83. The third-order valence-corrected chi connectivity index (χ3v) is 1.83. The van der Waals surface area contributed by atoms with Crippen LogP contribution in [-0.4, -0.2) is 36.1 Å². The standard InChI is InChI=1S/C10H11NO5/c1-2-6-15-7-5-10(14)16-11-8(12)3-4-9(11)13/h1H,3-7H2. The Hall–Kier alpha value is -1.87. The highest BCUT2D eigenvalue weighted by Crippen LogP contribution is 2.12. The Labute approximate surface area is 92.4 Å². The van der Waals surface area contributed by atoms with Crippen molar-refractivity contribution in [1.29, 1.82) is 0 Å². The normalized spacial score (nSPS) is 15.1. The highest BCUT2D eigenvalue weighted by atomic mass is 16.7. The van der Waals surface area contributed by atoms with Gasteiger partial charge in [-0.05, 0) is 0 Å². The summed E-state index contributed by atoms with van der Waals surface area (Å²) in [6, 6.07) is 0. The molecule has 1 aliphatic rings. The molecule has 0 aromatic rings. The average Bonchev–Trinajstić information content (AvgIpc) is 2.56. The molecule has 6 heteroatoms. The molecular weight excluding hydrogens is 214 g/mol. The Morgan fingerprint density at radius 3 is 2.56 bits per heavy atom. The first-order chi connectivity index (χ1) is 7.65. The number of rotatable bonds is 5. The summed E-state index contributed by atoms with van der Waals surface area (Å²) in [5.74, 6) is 0.547. The molecule has 1 fully saturated rings. The van der Waals surface area contributed by atoms with Crippen molar-refractivity contribution in [3.05, 3.63) is 0 Å². The zero-order chi connectivity index (χ0) is 12.0. The van der Waals surface area contributed by atoms with Gasteiger partial charge in [0, 0.05) is 12.8 Å². The molecule has 0 spiro atoms. The van der Waals surface area contributed by atoms with Crippen LogP contribution in [0.3, 0.4) is 0 Å². The second kappa shape index (κ2) is 5.88. The first-order valence-electron chi connectivity index (χ1n) is 4.73. The van der Waals surface area contributed by atoms with Gasteiger partial charge in [0.25, 0.3) is 11.8 Å². The summed E-state index contributed by atoms with van der Waals surface area (Å²) in [4.78, 5) is 37.9. The van der Waals surface area contributed by atoms with Gasteiger partial charge in [0.05, 0.1) is 13.0 Å². The van der Waals surface area contributed by atoms with Crippen LogP contribution in [0.2, 0.25) is 0 Å². The molecule has 0 atom stereocenters. The van der Waals surface area contributed by atoms with Crippen LogP contribution in [0.25, 0.3) is 0 Å². The van der Waals surface area contributed by atoms with E-state index in [9.17, 15) is 14.4 Å². The molecule has 6 nitrogen and oxygen atoms in total. The lowest BCUT2D eigenvalue weighted by Gasteiger charge is -2.12. The van der Waals surface area contributed by atoms with Gasteiger partial charge in [-0.25, -0.2) is 4.79 Å². The van der Waals surface area contributed by atoms with Gasteiger partial charge in [-0.1, -0.05) is 5.92 Å². The van der Waals surface area contributed by atoms with Crippen LogP contribution in [0, 0.1) is 12.3 Å². The molecular formula is C10H11NO5. The maximum Gasteiger partial charge on any atom is 0.335 e. The Balaban J connectivity index is 2.26. The van der Waals surface area contributed by atoms with E-state index in [2.05, 4.69) is 10.8 Å². The zero-order valence-electron chi connectivity index (χ0n) is 8.60. The molecule has 1 heterocycles. The van der Waals surface area contributed by atoms with Crippen molar-refractivity contribution in [3.63, 3.8) is 0 Å². The Kier molecular flexibility index (Phi) is 4.48. The number of hydrogen-bond acceptors (Lipinski definition) is 5. The molecule has 86 valence electrons. The lowest BCUT2D eigenvalue weighted by atomic mass is 10.4. The smallest absolute Gasteiger partial charge is 0.335 e. The first-order valence-corrected chi connectivity index (χ1v) is 4.73. The number of hydrogen-bond donors (Lipinski definition) is 0. The maximum atomic E-state index is 11.2. The summed E-state index contributed by atoms with van der Waals surface area (Å²) in [6.45, 7) is 0.202. The highest BCUT2D eigenvalue weighted by molar-refractivity contribution is 6.01. The summed E-state index contributed by atoms with van der Waals surface area (Å²) in [7, 11) is 0. The molecule has 0 aliphatic carbocycles. The second-order valence-electron chi connectivity index (χ2n) is 3.05. The summed E-state index contributed by atoms with van der Waals surface area (Å²) >= 11 is 0. The zero-order valence-corrected chi connectivity index (χ0v) is 8.60. The van der Waals surface area contributed by atoms with Crippen molar-refractivity contribution in [3.8, 4) is 12.3 Å². The van der Waals surface area contributed by atoms with Gasteiger partial charge in [-0.3, -0.25) is 9.59 Å². The number of imide groups is 1. The van der Waals surface area contributed by atoms with Crippen LogP contribution in [0.1, 0.15) is 19.3 Å². The van der Waals surface area contributed by atoms with E-state index in [4.69, 9.17) is 11.2 Å². The lowest BCUT2D eigenvalue weighted by Crippen LogP contribution is -2.32. The minimum absolute atomic E-state index is 0.0568. The number of terminal acetylenes is 1. The molecule has 1 rings (SSSR count). The highest BCUT2D eigenvalue weighted by Gasteiger charge is 2.32. The largest absolute Gasteiger partial charge is 0.368 e. The van der Waals surface area contributed by atoms with Crippen molar-refractivity contribution in [2.45, 2.75) is 19.3 Å². The number of ether oxygens (including phenoxy) is 1. The summed E-state index contributed by atoms with van der Waals surface area (Å²) in [5.41, 5.74) is 0. The quantitative estimate of drug-likeness (QED) is 0.362. The van der Waals surface area contributed by atoms with Gasteiger partial charge in [-0.2, -0.15) is 0 Å². The maximum absolute atomic E-state index is 11.2. The van der Waals surface area contributed by atoms with E-state index in [0.29, 0.717) is 5.06 Å². The van der Waals surface area contributed by atoms with Crippen LogP contribution < -0.4 is 0 Å². The average molecular weight is 225 g/mol. The predicted octanol–water partition coefficient (Wildman–Crippen LogP) is -0.367. The Morgan fingerprint density at radius 2 is 2.00 bits per heavy atom. The fourth-order valence-corrected chi connectivity index (χ4v) is 1.09. The second-order valence-corrected chi connectivity index (χ2v) is 3.05. The predicted molar refractivity (Wildman–Crippen MR) is 51.4 cm³/mol. The summed E-state index contributed by atoms with van der Waals surface area (Å²) < 4.78 is 4.85. The van der Waals surface area contributed by atoms with Crippen molar-refractivity contribution in [1.82, 2.24) is 5.06 Å². The molecule has 0 aromatic heterocycles. The van der Waals surface area contributed by atoms with Crippen LogP contribution in [0.15, 0.2) is 0 Å². The van der Waals surface area contributed by atoms with Gasteiger partial charge in [-0.15, -0.1) is 11.5 Å². The summed E-state index contributed by atoms with van der Waals surface area (Å²) in [6.07, 6.45) is 5.03. The van der Waals surface area contributed by atoms with E-state index < -0.39 is 17.8 Å². The van der Waals surface area contributed by atoms with E-state index in [1.807, 2.05) is 0 Å². The number of carbonyl (C=O) groups is 3. The number of nitrogens with zero attached hydrogens (tertiary/aromatic N) is 1. The van der Waals surface area contributed by atoms with Crippen LogP contribution in [0.5, 0.6) is 0 Å². The van der Waals surface area contributed by atoms with Crippen molar-refractivity contribution in [2.75, 3.05) is 13.2 Å². The SMILES string of the molecule is C#CCOCCC(=O)ON1C(=O)CCC1=O. The number of carbonyl (C=O) groups excluding carboxylic acids is 3.